The van der Waals surface area contributed by atoms with Crippen molar-refractivity contribution in [3.63, 3.8) is 0 Å². The Morgan fingerprint density at radius 1 is 1.03 bits per heavy atom. The number of hydrogen-bond donors (Lipinski definition) is 1. The number of thioether (sulfide) groups is 1. The first-order valence-corrected chi connectivity index (χ1v) is 15.5. The Kier molecular flexibility index (Phi) is 8.97. The molecule has 0 saturated carbocycles. The fourth-order valence-corrected chi connectivity index (χ4v) is 6.55. The van der Waals surface area contributed by atoms with E-state index in [0.717, 1.165) is 42.1 Å². The number of benzene rings is 1. The number of nitrogens with one attached hydrogen (secondary N) is 1. The highest BCUT2D eigenvalue weighted by Crippen LogP contribution is 2.28. The van der Waals surface area contributed by atoms with Crippen molar-refractivity contribution < 1.29 is 22.7 Å². The van der Waals surface area contributed by atoms with Crippen LogP contribution in [-0.2, 0) is 26.0 Å². The smallest absolute Gasteiger partial charge is 0.251 e. The van der Waals surface area contributed by atoms with Crippen LogP contribution in [0.15, 0.2) is 40.5 Å². The van der Waals surface area contributed by atoms with Crippen LogP contribution in [0.3, 0.4) is 0 Å². The molecule has 2 aromatic heterocycles. The number of amides is 1. The Balaban J connectivity index is 1.25. The van der Waals surface area contributed by atoms with Crippen LogP contribution in [-0.4, -0.2) is 103 Å². The van der Waals surface area contributed by atoms with Gasteiger partial charge < -0.3 is 19.7 Å². The van der Waals surface area contributed by atoms with Crippen LogP contribution in [0.4, 0.5) is 5.82 Å². The van der Waals surface area contributed by atoms with Crippen LogP contribution >= 0.6 is 11.8 Å². The summed E-state index contributed by atoms with van der Waals surface area (Å²) < 4.78 is 39.6. The standard InChI is InChI=1S/C25H33N7O5S2/c1-2-17-38-25-28-22(30-9-13-36-14-10-30)21-18-27-32(23(21)29-25)8-7-26-24(33)19-3-5-20(6-4-19)39(34,35)31-11-15-37-16-12-31/h3-6,18H,2,7-17H2,1H3,(H,26,33). The van der Waals surface area contributed by atoms with Crippen LogP contribution in [0, 0.1) is 0 Å². The molecule has 0 radical (unpaired) electrons. The highest BCUT2D eigenvalue weighted by molar-refractivity contribution is 7.99. The molecular weight excluding hydrogens is 542 g/mol. The molecule has 2 aliphatic heterocycles. The zero-order valence-electron chi connectivity index (χ0n) is 21.9. The Morgan fingerprint density at radius 3 is 2.41 bits per heavy atom. The number of anilines is 1. The number of ether oxygens (including phenoxy) is 2. The molecule has 1 N–H and O–H groups in total. The molecule has 39 heavy (non-hydrogen) atoms. The number of sulfonamides is 1. The summed E-state index contributed by atoms with van der Waals surface area (Å²) in [7, 11) is -3.61. The Labute approximate surface area is 232 Å². The van der Waals surface area contributed by atoms with E-state index in [1.165, 1.54) is 28.6 Å². The average molecular weight is 576 g/mol. The maximum absolute atomic E-state index is 12.8. The van der Waals surface area contributed by atoms with Crippen LogP contribution < -0.4 is 10.2 Å². The number of carbonyl (C=O) groups excluding carboxylic acids is 1. The molecule has 0 unspecified atom stereocenters. The van der Waals surface area contributed by atoms with Crippen molar-refractivity contribution in [1.82, 2.24) is 29.4 Å². The lowest BCUT2D eigenvalue weighted by molar-refractivity contribution is 0.0730. The van der Waals surface area contributed by atoms with Gasteiger partial charge in [-0.15, -0.1) is 0 Å². The van der Waals surface area contributed by atoms with Crippen LogP contribution in [0.5, 0.6) is 0 Å². The lowest BCUT2D eigenvalue weighted by atomic mass is 10.2. The van der Waals surface area contributed by atoms with Crippen LogP contribution in [0.25, 0.3) is 11.0 Å². The first-order chi connectivity index (χ1) is 19.0. The first kappa shape index (κ1) is 27.8. The van der Waals surface area contributed by atoms with Gasteiger partial charge >= 0.3 is 0 Å². The van der Waals surface area contributed by atoms with Crippen LogP contribution in [0.1, 0.15) is 23.7 Å². The second kappa shape index (κ2) is 12.6. The third-order valence-corrected chi connectivity index (χ3v) is 9.50. The van der Waals surface area contributed by atoms with Crippen molar-refractivity contribution in [3.8, 4) is 0 Å². The molecule has 2 saturated heterocycles. The maximum atomic E-state index is 12.8. The molecule has 1 aromatic carbocycles. The summed E-state index contributed by atoms with van der Waals surface area (Å²) in [6, 6.07) is 6.01. The van der Waals surface area contributed by atoms with E-state index in [-0.39, 0.29) is 10.8 Å². The number of aromatic nitrogens is 4. The van der Waals surface area contributed by atoms with E-state index < -0.39 is 10.0 Å². The van der Waals surface area contributed by atoms with Gasteiger partial charge in [-0.05, 0) is 30.7 Å². The zero-order chi connectivity index (χ0) is 27.2. The zero-order valence-corrected chi connectivity index (χ0v) is 23.5. The van der Waals surface area contributed by atoms with Gasteiger partial charge in [0.25, 0.3) is 5.91 Å². The molecule has 0 atom stereocenters. The quantitative estimate of drug-likeness (QED) is 0.281. The summed E-state index contributed by atoms with van der Waals surface area (Å²) in [4.78, 5) is 24.7. The summed E-state index contributed by atoms with van der Waals surface area (Å²) in [6.45, 7) is 7.12. The molecule has 4 heterocycles. The third-order valence-electron chi connectivity index (χ3n) is 6.54. The molecule has 12 nitrogen and oxygen atoms in total. The molecule has 0 bridgehead atoms. The molecular formula is C25H33N7O5S2. The monoisotopic (exact) mass is 575 g/mol. The van der Waals surface area contributed by atoms with Gasteiger partial charge in [-0.25, -0.2) is 23.1 Å². The number of fused-ring (bicyclic) bond motifs is 1. The SMILES string of the molecule is CCCSc1nc(N2CCOCC2)c2cnn(CCNC(=O)c3ccc(S(=O)(=O)N4CCOCC4)cc3)c2n1. The number of rotatable bonds is 10. The van der Waals surface area contributed by atoms with E-state index >= 15 is 0 Å². The summed E-state index contributed by atoms with van der Waals surface area (Å²) in [6.07, 6.45) is 2.80. The van der Waals surface area contributed by atoms with Crippen molar-refractivity contribution in [2.75, 3.05) is 69.8 Å². The number of carbonyl (C=O) groups is 1. The van der Waals surface area contributed by atoms with Gasteiger partial charge in [0, 0.05) is 44.0 Å². The van der Waals surface area contributed by atoms with Gasteiger partial charge in [-0.1, -0.05) is 18.7 Å². The van der Waals surface area contributed by atoms with E-state index in [2.05, 4.69) is 22.2 Å². The molecule has 2 fully saturated rings. The lowest BCUT2D eigenvalue weighted by Gasteiger charge is -2.28. The van der Waals surface area contributed by atoms with E-state index in [1.807, 2.05) is 0 Å². The number of morpholine rings is 2. The normalized spacial score (nSPS) is 17.0. The molecule has 14 heteroatoms. The summed E-state index contributed by atoms with van der Waals surface area (Å²) in [5, 5.41) is 9.03. The van der Waals surface area contributed by atoms with E-state index in [9.17, 15) is 13.2 Å². The largest absolute Gasteiger partial charge is 0.379 e. The minimum atomic E-state index is -3.61. The summed E-state index contributed by atoms with van der Waals surface area (Å²) in [5.41, 5.74) is 1.12. The predicted molar refractivity (Wildman–Crippen MR) is 148 cm³/mol. The van der Waals surface area contributed by atoms with E-state index in [1.54, 1.807) is 22.6 Å². The first-order valence-electron chi connectivity index (χ1n) is 13.1. The van der Waals surface area contributed by atoms with E-state index in [0.29, 0.717) is 63.3 Å². The van der Waals surface area contributed by atoms with Gasteiger partial charge in [0.2, 0.25) is 10.0 Å². The van der Waals surface area contributed by atoms with Crippen molar-refractivity contribution in [2.45, 2.75) is 29.9 Å². The van der Waals surface area contributed by atoms with Gasteiger partial charge in [0.05, 0.1) is 49.5 Å². The number of nitrogens with zero attached hydrogens (tertiary/aromatic N) is 6. The van der Waals surface area contributed by atoms with Gasteiger partial charge in [0.15, 0.2) is 10.8 Å². The minimum absolute atomic E-state index is 0.163. The highest BCUT2D eigenvalue weighted by Gasteiger charge is 2.26. The number of hydrogen-bond acceptors (Lipinski definition) is 10. The molecule has 3 aromatic rings. The van der Waals surface area contributed by atoms with Gasteiger partial charge in [-0.3, -0.25) is 4.79 Å². The second-order valence-electron chi connectivity index (χ2n) is 9.18. The van der Waals surface area contributed by atoms with E-state index in [4.69, 9.17) is 19.4 Å². The molecule has 1 amide bonds. The highest BCUT2D eigenvalue weighted by atomic mass is 32.2. The van der Waals surface area contributed by atoms with Crippen molar-refractivity contribution >= 4 is 44.5 Å². The van der Waals surface area contributed by atoms with Gasteiger partial charge in [0.1, 0.15) is 5.82 Å². The van der Waals surface area contributed by atoms with Crippen molar-refractivity contribution in [3.05, 3.63) is 36.0 Å². The minimum Gasteiger partial charge on any atom is -0.379 e. The summed E-state index contributed by atoms with van der Waals surface area (Å²) in [5.74, 6) is 1.50. The van der Waals surface area contributed by atoms with Crippen molar-refractivity contribution in [1.29, 1.82) is 0 Å². The molecule has 0 spiro atoms. The third kappa shape index (κ3) is 6.35. The Bertz CT molecular complexity index is 1390. The lowest BCUT2D eigenvalue weighted by Crippen LogP contribution is -2.40. The van der Waals surface area contributed by atoms with Crippen molar-refractivity contribution in [2.24, 2.45) is 0 Å². The fraction of sp³-hybridized carbons (Fsp3) is 0.520. The Hall–Kier alpha value is -2.78. The predicted octanol–water partition coefficient (Wildman–Crippen LogP) is 1.62. The molecule has 0 aliphatic carbocycles. The summed E-state index contributed by atoms with van der Waals surface area (Å²) >= 11 is 1.62. The molecule has 5 rings (SSSR count). The fourth-order valence-electron chi connectivity index (χ4n) is 4.45. The Morgan fingerprint density at radius 2 is 1.72 bits per heavy atom. The topological polar surface area (TPSA) is 132 Å². The molecule has 2 aliphatic rings. The van der Waals surface area contributed by atoms with Gasteiger partial charge in [-0.2, -0.15) is 9.40 Å². The average Bonchev–Trinajstić information content (AvgIpc) is 3.39. The maximum Gasteiger partial charge on any atom is 0.251 e. The van der Waals surface area contributed by atoms with Crippen LogP contribution in [0.2, 0.25) is 0 Å². The second-order valence-corrected chi connectivity index (χ2v) is 12.2. The molecule has 210 valence electrons.